The highest BCUT2D eigenvalue weighted by molar-refractivity contribution is 5.91. The van der Waals surface area contributed by atoms with Crippen LogP contribution in [0.4, 0.5) is 0 Å². The number of nitrogens with one attached hydrogen (secondary N) is 1. The van der Waals surface area contributed by atoms with Crippen molar-refractivity contribution in [1.82, 2.24) is 10.2 Å². The summed E-state index contributed by atoms with van der Waals surface area (Å²) >= 11 is 0. The normalized spacial score (nSPS) is 10.2. The molecule has 1 heterocycles. The molecule has 0 aliphatic carbocycles. The SMILES string of the molecule is Cc1n[nH]c(C)c1C(=O)OCc1ccccc1. The molecule has 2 rings (SSSR count). The van der Waals surface area contributed by atoms with E-state index in [0.29, 0.717) is 11.3 Å². The lowest BCUT2D eigenvalue weighted by atomic mass is 10.2. The van der Waals surface area contributed by atoms with Gasteiger partial charge in [-0.2, -0.15) is 5.10 Å². The van der Waals surface area contributed by atoms with Crippen molar-refractivity contribution in [2.75, 3.05) is 0 Å². The molecule has 4 nitrogen and oxygen atoms in total. The van der Waals surface area contributed by atoms with E-state index < -0.39 is 0 Å². The van der Waals surface area contributed by atoms with Gasteiger partial charge in [-0.25, -0.2) is 4.79 Å². The Bertz CT molecular complexity index is 498. The number of ether oxygens (including phenoxy) is 1. The van der Waals surface area contributed by atoms with E-state index in [1.165, 1.54) is 0 Å². The Morgan fingerprint density at radius 2 is 2.00 bits per heavy atom. The van der Waals surface area contributed by atoms with Crippen molar-refractivity contribution in [3.8, 4) is 0 Å². The first kappa shape index (κ1) is 11.4. The molecule has 0 spiro atoms. The number of carbonyl (C=O) groups excluding carboxylic acids is 1. The minimum absolute atomic E-state index is 0.281. The molecule has 4 heteroatoms. The number of aromatic nitrogens is 2. The van der Waals surface area contributed by atoms with Gasteiger partial charge in [0, 0.05) is 5.69 Å². The zero-order valence-electron chi connectivity index (χ0n) is 9.86. The molecular weight excluding hydrogens is 216 g/mol. The fourth-order valence-corrected chi connectivity index (χ4v) is 1.65. The lowest BCUT2D eigenvalue weighted by Gasteiger charge is -2.04. The minimum Gasteiger partial charge on any atom is -0.457 e. The van der Waals surface area contributed by atoms with Gasteiger partial charge in [-0.1, -0.05) is 30.3 Å². The predicted molar refractivity (Wildman–Crippen MR) is 63.6 cm³/mol. The number of H-pyrrole nitrogens is 1. The first-order valence-corrected chi connectivity index (χ1v) is 5.41. The zero-order chi connectivity index (χ0) is 12.3. The monoisotopic (exact) mass is 230 g/mol. The van der Waals surface area contributed by atoms with Crippen molar-refractivity contribution in [2.24, 2.45) is 0 Å². The molecule has 0 aliphatic rings. The summed E-state index contributed by atoms with van der Waals surface area (Å²) in [6.45, 7) is 3.87. The van der Waals surface area contributed by atoms with E-state index in [0.717, 1.165) is 11.3 Å². The quantitative estimate of drug-likeness (QED) is 0.824. The summed E-state index contributed by atoms with van der Waals surface area (Å²) < 4.78 is 5.24. The van der Waals surface area contributed by atoms with E-state index in [1.54, 1.807) is 13.8 Å². The molecule has 0 radical (unpaired) electrons. The van der Waals surface area contributed by atoms with Crippen molar-refractivity contribution in [3.63, 3.8) is 0 Å². The van der Waals surface area contributed by atoms with Crippen LogP contribution in [0.1, 0.15) is 27.3 Å². The molecule has 0 atom stereocenters. The molecule has 0 amide bonds. The number of rotatable bonds is 3. The van der Waals surface area contributed by atoms with Crippen LogP contribution in [0.5, 0.6) is 0 Å². The molecule has 1 aromatic heterocycles. The van der Waals surface area contributed by atoms with E-state index in [1.807, 2.05) is 30.3 Å². The molecule has 88 valence electrons. The van der Waals surface area contributed by atoms with Gasteiger partial charge in [0.2, 0.25) is 0 Å². The first-order chi connectivity index (χ1) is 8.18. The molecule has 2 aromatic rings. The molecule has 0 unspecified atom stereocenters. The molecule has 0 saturated carbocycles. The second-order valence-corrected chi connectivity index (χ2v) is 3.87. The molecule has 0 saturated heterocycles. The van der Waals surface area contributed by atoms with E-state index in [4.69, 9.17) is 4.74 Å². The average Bonchev–Trinajstić information content (AvgIpc) is 2.67. The molecule has 0 fully saturated rings. The molecule has 17 heavy (non-hydrogen) atoms. The number of benzene rings is 1. The fraction of sp³-hybridized carbons (Fsp3) is 0.231. The Hall–Kier alpha value is -2.10. The molecule has 0 bridgehead atoms. The predicted octanol–water partition coefficient (Wildman–Crippen LogP) is 2.38. The van der Waals surface area contributed by atoms with Gasteiger partial charge in [0.25, 0.3) is 0 Å². The van der Waals surface area contributed by atoms with Crippen molar-refractivity contribution in [2.45, 2.75) is 20.5 Å². The van der Waals surface area contributed by atoms with Crippen LogP contribution >= 0.6 is 0 Å². The topological polar surface area (TPSA) is 55.0 Å². The van der Waals surface area contributed by atoms with Crippen molar-refractivity contribution in [3.05, 3.63) is 52.8 Å². The van der Waals surface area contributed by atoms with Gasteiger partial charge < -0.3 is 4.74 Å². The van der Waals surface area contributed by atoms with Crippen LogP contribution in [0, 0.1) is 13.8 Å². The summed E-state index contributed by atoms with van der Waals surface area (Å²) in [7, 11) is 0. The standard InChI is InChI=1S/C13H14N2O2/c1-9-12(10(2)15-14-9)13(16)17-8-11-6-4-3-5-7-11/h3-7H,8H2,1-2H3,(H,14,15). The molecule has 0 aliphatic heterocycles. The maximum absolute atomic E-state index is 11.8. The Morgan fingerprint density at radius 3 is 2.59 bits per heavy atom. The minimum atomic E-state index is -0.336. The van der Waals surface area contributed by atoms with Crippen molar-refractivity contribution in [1.29, 1.82) is 0 Å². The van der Waals surface area contributed by atoms with Crippen LogP contribution in [0.3, 0.4) is 0 Å². The van der Waals surface area contributed by atoms with Gasteiger partial charge in [0.15, 0.2) is 0 Å². The number of esters is 1. The Balaban J connectivity index is 2.04. The number of aromatic amines is 1. The second-order valence-electron chi connectivity index (χ2n) is 3.87. The highest BCUT2D eigenvalue weighted by Gasteiger charge is 2.16. The van der Waals surface area contributed by atoms with Crippen LogP contribution in [-0.4, -0.2) is 16.2 Å². The van der Waals surface area contributed by atoms with Gasteiger partial charge in [-0.15, -0.1) is 0 Å². The average molecular weight is 230 g/mol. The second kappa shape index (κ2) is 4.82. The van der Waals surface area contributed by atoms with Gasteiger partial charge in [0.05, 0.1) is 5.69 Å². The van der Waals surface area contributed by atoms with Gasteiger partial charge >= 0.3 is 5.97 Å². The fourth-order valence-electron chi connectivity index (χ4n) is 1.65. The summed E-state index contributed by atoms with van der Waals surface area (Å²) in [4.78, 5) is 11.8. The maximum atomic E-state index is 11.8. The van der Waals surface area contributed by atoms with Crippen molar-refractivity contribution < 1.29 is 9.53 Å². The highest BCUT2D eigenvalue weighted by Crippen LogP contribution is 2.12. The van der Waals surface area contributed by atoms with Gasteiger partial charge in [-0.05, 0) is 19.4 Å². The number of hydrogen-bond donors (Lipinski definition) is 1. The summed E-state index contributed by atoms with van der Waals surface area (Å²) in [5.41, 5.74) is 2.90. The maximum Gasteiger partial charge on any atom is 0.342 e. The Labute approximate surface area is 99.6 Å². The molecule has 1 aromatic carbocycles. The third-order valence-electron chi connectivity index (χ3n) is 2.54. The summed E-state index contributed by atoms with van der Waals surface area (Å²) in [6.07, 6.45) is 0. The lowest BCUT2D eigenvalue weighted by Crippen LogP contribution is -2.07. The highest BCUT2D eigenvalue weighted by atomic mass is 16.5. The largest absolute Gasteiger partial charge is 0.457 e. The van der Waals surface area contributed by atoms with E-state index >= 15 is 0 Å². The zero-order valence-corrected chi connectivity index (χ0v) is 9.86. The van der Waals surface area contributed by atoms with Gasteiger partial charge in [0.1, 0.15) is 12.2 Å². The number of nitrogens with zero attached hydrogens (tertiary/aromatic N) is 1. The van der Waals surface area contributed by atoms with Crippen LogP contribution in [0.15, 0.2) is 30.3 Å². The van der Waals surface area contributed by atoms with Crippen molar-refractivity contribution >= 4 is 5.97 Å². The van der Waals surface area contributed by atoms with E-state index in [9.17, 15) is 4.79 Å². The number of hydrogen-bond acceptors (Lipinski definition) is 3. The number of carbonyl (C=O) groups is 1. The number of aryl methyl sites for hydroxylation is 2. The van der Waals surface area contributed by atoms with E-state index in [2.05, 4.69) is 10.2 Å². The van der Waals surface area contributed by atoms with Crippen LogP contribution in [0.2, 0.25) is 0 Å². The van der Waals surface area contributed by atoms with Crippen LogP contribution in [-0.2, 0) is 11.3 Å². The third kappa shape index (κ3) is 2.53. The summed E-state index contributed by atoms with van der Waals surface area (Å²) in [5, 5.41) is 6.73. The van der Waals surface area contributed by atoms with E-state index in [-0.39, 0.29) is 12.6 Å². The Morgan fingerprint density at radius 1 is 1.29 bits per heavy atom. The smallest absolute Gasteiger partial charge is 0.342 e. The molecule has 1 N–H and O–H groups in total. The summed E-state index contributed by atoms with van der Waals surface area (Å²) in [6, 6.07) is 9.59. The Kier molecular flexibility index (Phi) is 3.23. The first-order valence-electron chi connectivity index (χ1n) is 5.41. The van der Waals surface area contributed by atoms with Gasteiger partial charge in [-0.3, -0.25) is 5.10 Å². The van der Waals surface area contributed by atoms with Crippen LogP contribution < -0.4 is 0 Å². The van der Waals surface area contributed by atoms with Crippen LogP contribution in [0.25, 0.3) is 0 Å². The summed E-state index contributed by atoms with van der Waals surface area (Å²) in [5.74, 6) is -0.336. The molecular formula is C13H14N2O2. The third-order valence-corrected chi connectivity index (χ3v) is 2.54. The lowest BCUT2D eigenvalue weighted by molar-refractivity contribution is 0.0471.